The molecule has 6 heteroatoms. The van der Waals surface area contributed by atoms with Gasteiger partial charge in [-0.3, -0.25) is 10.1 Å². The quantitative estimate of drug-likeness (QED) is 0.483. The highest BCUT2D eigenvalue weighted by atomic mass is 16.6. The topological polar surface area (TPSA) is 90.4 Å². The Morgan fingerprint density at radius 2 is 1.95 bits per heavy atom. The van der Waals surface area contributed by atoms with Crippen LogP contribution in [0.3, 0.4) is 0 Å². The molecule has 0 saturated carbocycles. The number of hydrogen-bond donors (Lipinski definition) is 2. The Bertz CT molecular complexity index is 627. The van der Waals surface area contributed by atoms with Crippen molar-refractivity contribution in [2.24, 2.45) is 0 Å². The lowest BCUT2D eigenvalue weighted by molar-refractivity contribution is -0.384. The second-order valence-electron chi connectivity index (χ2n) is 4.50. The van der Waals surface area contributed by atoms with Crippen LogP contribution in [0.25, 0.3) is 0 Å². The molecule has 2 rings (SSSR count). The average Bonchev–Trinajstić information content (AvgIpc) is 2.47. The first-order valence-electron chi connectivity index (χ1n) is 6.59. The molecule has 0 aliphatic heterocycles. The Balaban J connectivity index is 2.14. The zero-order valence-corrected chi connectivity index (χ0v) is 11.7. The SMILES string of the molecule is CCOc1cc(NCc2ccc(N)cc2)cc([N+](=O)[O-])c1. The second-order valence-corrected chi connectivity index (χ2v) is 4.50. The molecule has 2 aromatic carbocycles. The van der Waals surface area contributed by atoms with E-state index in [1.807, 2.05) is 31.2 Å². The zero-order chi connectivity index (χ0) is 15.2. The molecule has 3 N–H and O–H groups in total. The Hall–Kier alpha value is -2.76. The van der Waals surface area contributed by atoms with Crippen molar-refractivity contribution < 1.29 is 9.66 Å². The number of hydrogen-bond acceptors (Lipinski definition) is 5. The summed E-state index contributed by atoms with van der Waals surface area (Å²) in [5.41, 5.74) is 8.01. The Kier molecular flexibility index (Phi) is 4.61. The van der Waals surface area contributed by atoms with E-state index in [0.29, 0.717) is 30.3 Å². The normalized spacial score (nSPS) is 10.1. The molecule has 110 valence electrons. The third-order valence-corrected chi connectivity index (χ3v) is 2.89. The predicted molar refractivity (Wildman–Crippen MR) is 82.4 cm³/mol. The fourth-order valence-electron chi connectivity index (χ4n) is 1.88. The smallest absolute Gasteiger partial charge is 0.275 e. The molecular weight excluding hydrogens is 270 g/mol. The number of nitro groups is 1. The van der Waals surface area contributed by atoms with Crippen LogP contribution >= 0.6 is 0 Å². The first kappa shape index (κ1) is 14.6. The molecule has 0 saturated heterocycles. The minimum absolute atomic E-state index is 0.000700. The van der Waals surface area contributed by atoms with E-state index >= 15 is 0 Å². The van der Waals surface area contributed by atoms with Crippen molar-refractivity contribution in [3.63, 3.8) is 0 Å². The van der Waals surface area contributed by atoms with Gasteiger partial charge >= 0.3 is 0 Å². The van der Waals surface area contributed by atoms with Crippen molar-refractivity contribution >= 4 is 17.1 Å². The van der Waals surface area contributed by atoms with E-state index in [0.717, 1.165) is 5.56 Å². The number of rotatable bonds is 6. The molecule has 0 aromatic heterocycles. The minimum Gasteiger partial charge on any atom is -0.494 e. The largest absolute Gasteiger partial charge is 0.494 e. The number of nitrogens with zero attached hydrogens (tertiary/aromatic N) is 1. The van der Waals surface area contributed by atoms with Gasteiger partial charge < -0.3 is 15.8 Å². The van der Waals surface area contributed by atoms with Crippen LogP contribution in [-0.4, -0.2) is 11.5 Å². The maximum Gasteiger partial charge on any atom is 0.275 e. The number of nitrogens with two attached hydrogens (primary N) is 1. The molecule has 21 heavy (non-hydrogen) atoms. The lowest BCUT2D eigenvalue weighted by Crippen LogP contribution is -2.01. The van der Waals surface area contributed by atoms with Gasteiger partial charge in [-0.25, -0.2) is 0 Å². The minimum atomic E-state index is -0.434. The van der Waals surface area contributed by atoms with Gasteiger partial charge in [-0.2, -0.15) is 0 Å². The molecule has 0 aliphatic rings. The summed E-state index contributed by atoms with van der Waals surface area (Å²) in [6.45, 7) is 2.84. The van der Waals surface area contributed by atoms with Gasteiger partial charge in [0.2, 0.25) is 0 Å². The molecule has 2 aromatic rings. The third-order valence-electron chi connectivity index (χ3n) is 2.89. The molecule has 0 amide bonds. The summed E-state index contributed by atoms with van der Waals surface area (Å²) < 4.78 is 5.34. The summed E-state index contributed by atoms with van der Waals surface area (Å²) in [4.78, 5) is 10.5. The van der Waals surface area contributed by atoms with Gasteiger partial charge in [0.05, 0.1) is 17.6 Å². The fraction of sp³-hybridized carbons (Fsp3) is 0.200. The van der Waals surface area contributed by atoms with Crippen LogP contribution in [0, 0.1) is 10.1 Å². The fourth-order valence-corrected chi connectivity index (χ4v) is 1.88. The number of nitrogens with one attached hydrogen (secondary N) is 1. The molecule has 0 aliphatic carbocycles. The van der Waals surface area contributed by atoms with Crippen LogP contribution < -0.4 is 15.8 Å². The number of anilines is 2. The van der Waals surface area contributed by atoms with Crippen LogP contribution in [0.4, 0.5) is 17.1 Å². The number of non-ortho nitro benzene ring substituents is 1. The number of nitrogen functional groups attached to an aromatic ring is 1. The van der Waals surface area contributed by atoms with Gasteiger partial charge in [0.15, 0.2) is 0 Å². The number of ether oxygens (including phenoxy) is 1. The summed E-state index contributed by atoms with van der Waals surface area (Å²) in [6.07, 6.45) is 0. The maximum absolute atomic E-state index is 10.9. The molecule has 0 bridgehead atoms. The molecule has 0 radical (unpaired) electrons. The number of benzene rings is 2. The van der Waals surface area contributed by atoms with Crippen molar-refractivity contribution in [3.05, 3.63) is 58.1 Å². The van der Waals surface area contributed by atoms with Gasteiger partial charge in [-0.15, -0.1) is 0 Å². The zero-order valence-electron chi connectivity index (χ0n) is 11.7. The molecule has 0 spiro atoms. The van der Waals surface area contributed by atoms with E-state index in [1.165, 1.54) is 12.1 Å². The van der Waals surface area contributed by atoms with E-state index < -0.39 is 4.92 Å². The standard InChI is InChI=1S/C15H17N3O3/c1-2-21-15-8-13(7-14(9-15)18(19)20)17-10-11-3-5-12(16)6-4-11/h3-9,17H,2,10,16H2,1H3. The molecular formula is C15H17N3O3. The van der Waals surface area contributed by atoms with E-state index in [2.05, 4.69) is 5.32 Å². The van der Waals surface area contributed by atoms with Gasteiger partial charge in [0.25, 0.3) is 5.69 Å². The van der Waals surface area contributed by atoms with Gasteiger partial charge in [0.1, 0.15) is 5.75 Å². The van der Waals surface area contributed by atoms with Crippen LogP contribution in [0.5, 0.6) is 5.75 Å². The van der Waals surface area contributed by atoms with Crippen molar-refractivity contribution in [1.29, 1.82) is 0 Å². The Morgan fingerprint density at radius 3 is 2.57 bits per heavy atom. The summed E-state index contributed by atoms with van der Waals surface area (Å²) >= 11 is 0. The van der Waals surface area contributed by atoms with Crippen molar-refractivity contribution in [2.75, 3.05) is 17.7 Å². The first-order valence-corrected chi connectivity index (χ1v) is 6.59. The van der Waals surface area contributed by atoms with Crippen LogP contribution in [0.1, 0.15) is 12.5 Å². The van der Waals surface area contributed by atoms with Crippen molar-refractivity contribution in [2.45, 2.75) is 13.5 Å². The van der Waals surface area contributed by atoms with Crippen molar-refractivity contribution in [1.82, 2.24) is 0 Å². The summed E-state index contributed by atoms with van der Waals surface area (Å²) in [6, 6.07) is 12.1. The first-order chi connectivity index (χ1) is 10.1. The molecule has 0 unspecified atom stereocenters. The Morgan fingerprint density at radius 1 is 1.24 bits per heavy atom. The van der Waals surface area contributed by atoms with E-state index in [4.69, 9.17) is 10.5 Å². The summed E-state index contributed by atoms with van der Waals surface area (Å²) in [5, 5.41) is 14.1. The average molecular weight is 287 g/mol. The number of nitro benzene ring substituents is 1. The molecule has 0 fully saturated rings. The highest BCUT2D eigenvalue weighted by Crippen LogP contribution is 2.26. The molecule has 0 heterocycles. The highest BCUT2D eigenvalue weighted by molar-refractivity contribution is 5.56. The molecule has 0 atom stereocenters. The second kappa shape index (κ2) is 6.60. The lowest BCUT2D eigenvalue weighted by atomic mass is 10.2. The maximum atomic E-state index is 10.9. The van der Waals surface area contributed by atoms with Crippen molar-refractivity contribution in [3.8, 4) is 5.75 Å². The van der Waals surface area contributed by atoms with Gasteiger partial charge in [0, 0.05) is 30.1 Å². The third kappa shape index (κ3) is 4.10. The van der Waals surface area contributed by atoms with E-state index in [9.17, 15) is 10.1 Å². The van der Waals surface area contributed by atoms with E-state index in [-0.39, 0.29) is 5.69 Å². The lowest BCUT2D eigenvalue weighted by Gasteiger charge is -2.09. The predicted octanol–water partition coefficient (Wildman–Crippen LogP) is 3.19. The van der Waals surface area contributed by atoms with Crippen LogP contribution in [0.2, 0.25) is 0 Å². The van der Waals surface area contributed by atoms with E-state index in [1.54, 1.807) is 6.07 Å². The monoisotopic (exact) mass is 287 g/mol. The Labute approximate surface area is 122 Å². The van der Waals surface area contributed by atoms with Gasteiger partial charge in [-0.05, 0) is 24.6 Å². The van der Waals surface area contributed by atoms with Gasteiger partial charge in [-0.1, -0.05) is 12.1 Å². The summed E-state index contributed by atoms with van der Waals surface area (Å²) in [7, 11) is 0. The summed E-state index contributed by atoms with van der Waals surface area (Å²) in [5.74, 6) is 0.478. The van der Waals surface area contributed by atoms with Crippen LogP contribution in [0.15, 0.2) is 42.5 Å². The highest BCUT2D eigenvalue weighted by Gasteiger charge is 2.10. The molecule has 6 nitrogen and oxygen atoms in total. The van der Waals surface area contributed by atoms with Crippen LogP contribution in [-0.2, 0) is 6.54 Å².